The van der Waals surface area contributed by atoms with Crippen molar-refractivity contribution >= 4 is 29.2 Å². The second-order valence-corrected chi connectivity index (χ2v) is 7.83. The molecule has 4 atom stereocenters. The van der Waals surface area contributed by atoms with Crippen LogP contribution in [0.15, 0.2) is 66.7 Å². The topological polar surface area (TPSA) is 55.8 Å². The van der Waals surface area contributed by atoms with Crippen LogP contribution < -0.4 is 4.90 Å². The van der Waals surface area contributed by atoms with Crippen LogP contribution in [0.4, 0.5) is 5.69 Å². The molecule has 3 aliphatic rings. The normalized spacial score (nSPS) is 30.0. The minimum absolute atomic E-state index is 0.129. The van der Waals surface area contributed by atoms with Crippen LogP contribution in [0.3, 0.4) is 0 Å². The lowest BCUT2D eigenvalue weighted by molar-refractivity contribution is -0.153. The highest BCUT2D eigenvalue weighted by Crippen LogP contribution is 2.53. The van der Waals surface area contributed by atoms with Gasteiger partial charge in [0.2, 0.25) is 5.91 Å². The maximum Gasteiger partial charge on any atom is 0.313 e. The smallest absolute Gasteiger partial charge is 0.313 e. The van der Waals surface area contributed by atoms with Crippen LogP contribution in [0.25, 0.3) is 0 Å². The number of carbonyl (C=O) groups excluding carboxylic acids is 2. The van der Waals surface area contributed by atoms with E-state index in [1.165, 1.54) is 0 Å². The molecular formula is C22H18ClNO4. The Bertz CT molecular complexity index is 976. The fourth-order valence-electron chi connectivity index (χ4n) is 4.45. The predicted octanol–water partition coefficient (Wildman–Crippen LogP) is 3.37. The standard InChI is InChI=1S/C22H18ClNO4/c23-15-7-4-8-16(11-15)24-13-22-10-9-17(28-22)18(19(22)20(24)25)21(26)27-12-14-5-2-1-3-6-14/h1-11,17-19H,12-13H2/t17-,18-,19-,22+/m1/s1. The lowest BCUT2D eigenvalue weighted by Crippen LogP contribution is -2.40. The molecule has 0 radical (unpaired) electrons. The molecule has 0 aliphatic carbocycles. The van der Waals surface area contributed by atoms with Gasteiger partial charge in [0.1, 0.15) is 18.1 Å². The first-order valence-corrected chi connectivity index (χ1v) is 9.60. The predicted molar refractivity (Wildman–Crippen MR) is 104 cm³/mol. The van der Waals surface area contributed by atoms with Crippen molar-refractivity contribution in [3.8, 4) is 0 Å². The van der Waals surface area contributed by atoms with Crippen molar-refractivity contribution in [3.63, 3.8) is 0 Å². The average Bonchev–Trinajstić information content (AvgIpc) is 3.35. The molecule has 0 N–H and O–H groups in total. The second kappa shape index (κ2) is 6.47. The minimum Gasteiger partial charge on any atom is -0.460 e. The first kappa shape index (κ1) is 17.5. The maximum absolute atomic E-state index is 13.2. The lowest BCUT2D eigenvalue weighted by Gasteiger charge is -2.22. The van der Waals surface area contributed by atoms with Crippen LogP contribution >= 0.6 is 11.6 Å². The summed E-state index contributed by atoms with van der Waals surface area (Å²) in [5.74, 6) is -1.74. The number of esters is 1. The van der Waals surface area contributed by atoms with Crippen molar-refractivity contribution in [2.75, 3.05) is 11.4 Å². The van der Waals surface area contributed by atoms with Crippen molar-refractivity contribution in [1.82, 2.24) is 0 Å². The first-order chi connectivity index (χ1) is 13.6. The SMILES string of the molecule is O=C(OCc1ccccc1)[C@@H]1[C@H]2C=C[C@@]3(CN(c4cccc(Cl)c4)C(=O)[C@@H]13)O2. The molecule has 0 unspecified atom stereocenters. The molecule has 1 spiro atoms. The Morgan fingerprint density at radius 1 is 1.21 bits per heavy atom. The summed E-state index contributed by atoms with van der Waals surface area (Å²) in [6.45, 7) is 0.546. The van der Waals surface area contributed by atoms with E-state index in [9.17, 15) is 9.59 Å². The van der Waals surface area contributed by atoms with Gasteiger partial charge in [0.05, 0.1) is 18.6 Å². The summed E-state index contributed by atoms with van der Waals surface area (Å²) in [6, 6.07) is 16.6. The highest BCUT2D eigenvalue weighted by atomic mass is 35.5. The minimum atomic E-state index is -0.777. The molecule has 2 aromatic carbocycles. The van der Waals surface area contributed by atoms with Crippen LogP contribution in [0.2, 0.25) is 5.02 Å². The summed E-state index contributed by atoms with van der Waals surface area (Å²) in [7, 11) is 0. The number of benzene rings is 2. The first-order valence-electron chi connectivity index (χ1n) is 9.22. The van der Waals surface area contributed by atoms with Crippen molar-refractivity contribution in [1.29, 1.82) is 0 Å². The van der Waals surface area contributed by atoms with Gasteiger partial charge in [0.25, 0.3) is 0 Å². The Morgan fingerprint density at radius 2 is 2.04 bits per heavy atom. The molecule has 142 valence electrons. The molecule has 3 heterocycles. The molecule has 5 rings (SSSR count). The number of anilines is 1. The third-order valence-electron chi connectivity index (χ3n) is 5.72. The molecule has 0 saturated carbocycles. The molecule has 0 aromatic heterocycles. The zero-order chi connectivity index (χ0) is 19.3. The van der Waals surface area contributed by atoms with E-state index in [4.69, 9.17) is 21.1 Å². The van der Waals surface area contributed by atoms with E-state index >= 15 is 0 Å². The lowest BCUT2D eigenvalue weighted by atomic mass is 9.77. The largest absolute Gasteiger partial charge is 0.460 e. The van der Waals surface area contributed by atoms with E-state index in [0.717, 1.165) is 5.56 Å². The zero-order valence-electron chi connectivity index (χ0n) is 15.0. The quantitative estimate of drug-likeness (QED) is 0.588. The molecule has 2 saturated heterocycles. The van der Waals surface area contributed by atoms with Crippen LogP contribution in [0, 0.1) is 11.8 Å². The van der Waals surface area contributed by atoms with Gasteiger partial charge in [-0.2, -0.15) is 0 Å². The molecule has 1 amide bonds. The van der Waals surface area contributed by atoms with Gasteiger partial charge in [-0.3, -0.25) is 9.59 Å². The number of hydrogen-bond acceptors (Lipinski definition) is 4. The summed E-state index contributed by atoms with van der Waals surface area (Å²) in [4.78, 5) is 27.7. The number of nitrogens with zero attached hydrogens (tertiary/aromatic N) is 1. The van der Waals surface area contributed by atoms with Gasteiger partial charge in [-0.1, -0.05) is 60.2 Å². The summed E-state index contributed by atoms with van der Waals surface area (Å²) >= 11 is 6.09. The average molecular weight is 396 g/mol. The Kier molecular flexibility index (Phi) is 4.03. The Balaban J connectivity index is 1.39. The van der Waals surface area contributed by atoms with Crippen LogP contribution in [0.1, 0.15) is 5.56 Å². The third-order valence-corrected chi connectivity index (χ3v) is 5.95. The number of ether oxygens (including phenoxy) is 2. The summed E-state index contributed by atoms with van der Waals surface area (Å²) < 4.78 is 11.6. The van der Waals surface area contributed by atoms with Gasteiger partial charge in [-0.15, -0.1) is 0 Å². The van der Waals surface area contributed by atoms with Gasteiger partial charge in [0.15, 0.2) is 0 Å². The summed E-state index contributed by atoms with van der Waals surface area (Å²) in [5, 5.41) is 0.555. The van der Waals surface area contributed by atoms with Crippen molar-refractivity contribution < 1.29 is 19.1 Å². The van der Waals surface area contributed by atoms with E-state index in [0.29, 0.717) is 17.3 Å². The van der Waals surface area contributed by atoms with Gasteiger partial charge < -0.3 is 14.4 Å². The van der Waals surface area contributed by atoms with Crippen LogP contribution in [-0.4, -0.2) is 30.1 Å². The van der Waals surface area contributed by atoms with E-state index in [1.54, 1.807) is 23.1 Å². The van der Waals surface area contributed by atoms with Gasteiger partial charge >= 0.3 is 5.97 Å². The molecule has 5 nitrogen and oxygen atoms in total. The van der Waals surface area contributed by atoms with Gasteiger partial charge in [-0.05, 0) is 23.8 Å². The molecule has 2 bridgehead atoms. The molecule has 28 heavy (non-hydrogen) atoms. The number of hydrogen-bond donors (Lipinski definition) is 0. The van der Waals surface area contributed by atoms with Crippen molar-refractivity contribution in [2.24, 2.45) is 11.8 Å². The number of fused-ring (bicyclic) bond motifs is 1. The van der Waals surface area contributed by atoms with E-state index in [-0.39, 0.29) is 12.5 Å². The Hall–Kier alpha value is -2.63. The number of rotatable bonds is 4. The molecular weight excluding hydrogens is 378 g/mol. The van der Waals surface area contributed by atoms with E-state index in [1.807, 2.05) is 48.6 Å². The number of halogens is 1. The molecule has 2 aromatic rings. The maximum atomic E-state index is 13.2. The van der Waals surface area contributed by atoms with Crippen LogP contribution in [-0.2, 0) is 25.7 Å². The molecule has 3 aliphatic heterocycles. The van der Waals surface area contributed by atoms with E-state index < -0.39 is 29.5 Å². The Morgan fingerprint density at radius 3 is 2.82 bits per heavy atom. The van der Waals surface area contributed by atoms with Gasteiger partial charge in [0, 0.05) is 10.7 Å². The Labute approximate surface area is 167 Å². The second-order valence-electron chi connectivity index (χ2n) is 7.40. The van der Waals surface area contributed by atoms with Crippen molar-refractivity contribution in [3.05, 3.63) is 77.3 Å². The van der Waals surface area contributed by atoms with E-state index in [2.05, 4.69) is 0 Å². The fourth-order valence-corrected chi connectivity index (χ4v) is 4.64. The number of amides is 1. The van der Waals surface area contributed by atoms with Gasteiger partial charge in [-0.25, -0.2) is 0 Å². The highest BCUT2D eigenvalue weighted by molar-refractivity contribution is 6.31. The highest BCUT2D eigenvalue weighted by Gasteiger charge is 2.67. The molecule has 6 heteroatoms. The number of carbonyl (C=O) groups is 2. The van der Waals surface area contributed by atoms with Crippen molar-refractivity contribution in [2.45, 2.75) is 18.3 Å². The molecule has 2 fully saturated rings. The monoisotopic (exact) mass is 395 g/mol. The summed E-state index contributed by atoms with van der Waals surface area (Å²) in [6.07, 6.45) is 3.38. The third kappa shape index (κ3) is 2.65. The summed E-state index contributed by atoms with van der Waals surface area (Å²) in [5.41, 5.74) is 0.835. The van der Waals surface area contributed by atoms with Crippen LogP contribution in [0.5, 0.6) is 0 Å². The fraction of sp³-hybridized carbons (Fsp3) is 0.273. The zero-order valence-corrected chi connectivity index (χ0v) is 15.7.